The monoisotopic (exact) mass is 219 g/mol. The van der Waals surface area contributed by atoms with Crippen LogP contribution in [0.4, 0.5) is 5.82 Å². The normalized spacial score (nSPS) is 17.3. The molecular weight excluding hydrogens is 202 g/mol. The Labute approximate surface area is 95.5 Å². The van der Waals surface area contributed by atoms with Crippen molar-refractivity contribution in [3.8, 4) is 0 Å². The fraction of sp³-hybridized carbons (Fsp3) is 0.500. The first-order valence-corrected chi connectivity index (χ1v) is 5.76. The molecule has 2 heterocycles. The molecule has 0 bridgehead atoms. The molecule has 0 unspecified atom stereocenters. The van der Waals surface area contributed by atoms with Crippen molar-refractivity contribution in [2.75, 3.05) is 11.4 Å². The van der Waals surface area contributed by atoms with Crippen molar-refractivity contribution in [2.24, 2.45) is 5.73 Å². The van der Waals surface area contributed by atoms with Gasteiger partial charge in [0.05, 0.1) is 0 Å². The number of carbonyl (C=O) groups excluding carboxylic acids is 1. The van der Waals surface area contributed by atoms with Gasteiger partial charge in [-0.3, -0.25) is 9.69 Å². The summed E-state index contributed by atoms with van der Waals surface area (Å²) in [7, 11) is 0. The van der Waals surface area contributed by atoms with Gasteiger partial charge >= 0.3 is 0 Å². The van der Waals surface area contributed by atoms with Crippen LogP contribution < -0.4 is 10.6 Å². The Morgan fingerprint density at radius 1 is 1.38 bits per heavy atom. The summed E-state index contributed by atoms with van der Waals surface area (Å²) in [6.07, 6.45) is 5.52. The maximum atomic E-state index is 11.9. The molecule has 0 aliphatic carbocycles. The molecule has 1 aromatic rings. The number of nitrogens with two attached hydrogens (primary N) is 1. The third kappa shape index (κ3) is 2.39. The van der Waals surface area contributed by atoms with E-state index in [0.29, 0.717) is 13.0 Å². The first-order valence-electron chi connectivity index (χ1n) is 5.76. The summed E-state index contributed by atoms with van der Waals surface area (Å²) < 4.78 is 0. The minimum atomic E-state index is 0.180. The number of hydrogen-bond acceptors (Lipinski definition) is 3. The molecule has 1 saturated heterocycles. The van der Waals surface area contributed by atoms with Crippen LogP contribution in [0.3, 0.4) is 0 Å². The van der Waals surface area contributed by atoms with E-state index in [9.17, 15) is 4.79 Å². The van der Waals surface area contributed by atoms with E-state index in [1.165, 1.54) is 0 Å². The molecule has 1 aliphatic rings. The Bertz CT molecular complexity index is 378. The number of hydrogen-bond donors (Lipinski definition) is 1. The van der Waals surface area contributed by atoms with Crippen LogP contribution in [0.2, 0.25) is 0 Å². The summed E-state index contributed by atoms with van der Waals surface area (Å²) in [5.41, 5.74) is 6.60. The van der Waals surface area contributed by atoms with E-state index in [-0.39, 0.29) is 5.91 Å². The van der Waals surface area contributed by atoms with Gasteiger partial charge in [-0.1, -0.05) is 6.42 Å². The molecule has 0 aromatic carbocycles. The third-order valence-corrected chi connectivity index (χ3v) is 2.90. The van der Waals surface area contributed by atoms with E-state index in [4.69, 9.17) is 5.73 Å². The number of carbonyl (C=O) groups is 1. The van der Waals surface area contributed by atoms with Crippen LogP contribution in [0, 0.1) is 0 Å². The summed E-state index contributed by atoms with van der Waals surface area (Å²) in [5, 5.41) is 0. The average molecular weight is 219 g/mol. The Kier molecular flexibility index (Phi) is 3.51. The second-order valence-electron chi connectivity index (χ2n) is 4.08. The highest BCUT2D eigenvalue weighted by atomic mass is 16.2. The van der Waals surface area contributed by atoms with Crippen molar-refractivity contribution in [3.63, 3.8) is 0 Å². The van der Waals surface area contributed by atoms with Gasteiger partial charge in [-0.2, -0.15) is 0 Å². The molecular formula is C12H17N3O. The Hall–Kier alpha value is -1.42. The molecule has 0 saturated carbocycles. The lowest BCUT2D eigenvalue weighted by Crippen LogP contribution is -2.30. The van der Waals surface area contributed by atoms with E-state index in [1.54, 1.807) is 11.1 Å². The van der Waals surface area contributed by atoms with Crippen LogP contribution in [0.5, 0.6) is 0 Å². The smallest absolute Gasteiger partial charge is 0.228 e. The average Bonchev–Trinajstić information content (AvgIpc) is 2.54. The highest BCUT2D eigenvalue weighted by Gasteiger charge is 2.19. The van der Waals surface area contributed by atoms with Gasteiger partial charge in [0.1, 0.15) is 5.82 Å². The van der Waals surface area contributed by atoms with E-state index < -0.39 is 0 Å². The molecule has 2 N–H and O–H groups in total. The lowest BCUT2D eigenvalue weighted by molar-refractivity contribution is -0.118. The number of aromatic nitrogens is 1. The molecule has 4 nitrogen and oxygen atoms in total. The summed E-state index contributed by atoms with van der Waals surface area (Å²) in [4.78, 5) is 17.9. The first-order chi connectivity index (χ1) is 7.81. The van der Waals surface area contributed by atoms with Gasteiger partial charge in [-0.05, 0) is 30.5 Å². The van der Waals surface area contributed by atoms with Crippen LogP contribution in [-0.4, -0.2) is 17.4 Å². The van der Waals surface area contributed by atoms with Crippen LogP contribution in [0.25, 0.3) is 0 Å². The summed E-state index contributed by atoms with van der Waals surface area (Å²) in [5.74, 6) is 0.925. The zero-order valence-corrected chi connectivity index (χ0v) is 9.35. The van der Waals surface area contributed by atoms with Gasteiger partial charge in [0.15, 0.2) is 0 Å². The lowest BCUT2D eigenvalue weighted by Gasteiger charge is -2.19. The SMILES string of the molecule is NCc1ccnc(N2CCCCCC2=O)c1. The maximum Gasteiger partial charge on any atom is 0.228 e. The van der Waals surface area contributed by atoms with Gasteiger partial charge in [0.2, 0.25) is 5.91 Å². The number of anilines is 1. The van der Waals surface area contributed by atoms with E-state index >= 15 is 0 Å². The Morgan fingerprint density at radius 2 is 2.25 bits per heavy atom. The van der Waals surface area contributed by atoms with Gasteiger partial charge in [-0.15, -0.1) is 0 Å². The summed E-state index contributed by atoms with van der Waals surface area (Å²) in [6.45, 7) is 1.26. The van der Waals surface area contributed by atoms with Gasteiger partial charge in [-0.25, -0.2) is 4.98 Å². The van der Waals surface area contributed by atoms with E-state index in [2.05, 4.69) is 4.98 Å². The summed E-state index contributed by atoms with van der Waals surface area (Å²) in [6, 6.07) is 3.79. The zero-order chi connectivity index (χ0) is 11.4. The van der Waals surface area contributed by atoms with Crippen molar-refractivity contribution in [2.45, 2.75) is 32.2 Å². The topological polar surface area (TPSA) is 59.2 Å². The fourth-order valence-electron chi connectivity index (χ4n) is 1.96. The molecule has 4 heteroatoms. The number of amides is 1. The molecule has 0 atom stereocenters. The number of rotatable bonds is 2. The van der Waals surface area contributed by atoms with Crippen molar-refractivity contribution in [1.82, 2.24) is 4.98 Å². The van der Waals surface area contributed by atoms with Crippen LogP contribution >= 0.6 is 0 Å². The minimum absolute atomic E-state index is 0.180. The van der Waals surface area contributed by atoms with Crippen LogP contribution in [-0.2, 0) is 11.3 Å². The second kappa shape index (κ2) is 5.07. The molecule has 0 spiro atoms. The van der Waals surface area contributed by atoms with Gasteiger partial charge in [0, 0.05) is 25.7 Å². The lowest BCUT2D eigenvalue weighted by atomic mass is 10.2. The van der Waals surface area contributed by atoms with Crippen molar-refractivity contribution < 1.29 is 4.79 Å². The second-order valence-corrected chi connectivity index (χ2v) is 4.08. The predicted molar refractivity (Wildman–Crippen MR) is 62.9 cm³/mol. The Balaban J connectivity index is 2.23. The molecule has 16 heavy (non-hydrogen) atoms. The molecule has 1 aliphatic heterocycles. The van der Waals surface area contributed by atoms with Crippen LogP contribution in [0.15, 0.2) is 18.3 Å². The van der Waals surface area contributed by atoms with E-state index in [1.807, 2.05) is 12.1 Å². The highest BCUT2D eigenvalue weighted by molar-refractivity contribution is 5.92. The molecule has 1 fully saturated rings. The number of nitrogens with zero attached hydrogens (tertiary/aromatic N) is 2. The molecule has 86 valence electrons. The largest absolute Gasteiger partial charge is 0.326 e. The van der Waals surface area contributed by atoms with E-state index in [0.717, 1.165) is 37.2 Å². The fourth-order valence-corrected chi connectivity index (χ4v) is 1.96. The predicted octanol–water partition coefficient (Wildman–Crippen LogP) is 1.45. The Morgan fingerprint density at radius 3 is 3.06 bits per heavy atom. The van der Waals surface area contributed by atoms with Crippen LogP contribution in [0.1, 0.15) is 31.2 Å². The zero-order valence-electron chi connectivity index (χ0n) is 9.35. The first kappa shape index (κ1) is 11.1. The highest BCUT2D eigenvalue weighted by Crippen LogP contribution is 2.18. The van der Waals surface area contributed by atoms with Gasteiger partial charge in [0.25, 0.3) is 0 Å². The molecule has 0 radical (unpaired) electrons. The maximum absolute atomic E-state index is 11.9. The van der Waals surface area contributed by atoms with Gasteiger partial charge < -0.3 is 5.73 Å². The van der Waals surface area contributed by atoms with Crippen molar-refractivity contribution in [1.29, 1.82) is 0 Å². The quantitative estimate of drug-likeness (QED) is 0.819. The van der Waals surface area contributed by atoms with Crippen molar-refractivity contribution in [3.05, 3.63) is 23.9 Å². The number of pyridine rings is 1. The third-order valence-electron chi connectivity index (χ3n) is 2.90. The standard InChI is InChI=1S/C12H17N3O/c13-9-10-5-6-14-11(8-10)15-7-3-1-2-4-12(15)16/h5-6,8H,1-4,7,9,13H2. The molecule has 2 rings (SSSR count). The molecule has 1 amide bonds. The van der Waals surface area contributed by atoms with Crippen molar-refractivity contribution >= 4 is 11.7 Å². The molecule has 1 aromatic heterocycles. The minimum Gasteiger partial charge on any atom is -0.326 e. The summed E-state index contributed by atoms with van der Waals surface area (Å²) >= 11 is 0.